The maximum absolute atomic E-state index is 13.0. The normalized spacial score (nSPS) is 12.2. The first-order chi connectivity index (χ1) is 14.7. The molecular weight excluding hydrogens is 420 g/mol. The number of methoxy groups -OCH3 is 1. The Morgan fingerprint density at radius 1 is 1.22 bits per heavy atom. The van der Waals surface area contributed by atoms with Gasteiger partial charge in [0.1, 0.15) is 18.7 Å². The first-order valence-electron chi connectivity index (χ1n) is 10.4. The summed E-state index contributed by atoms with van der Waals surface area (Å²) in [5.74, 6) is -1.03. The van der Waals surface area contributed by atoms with Crippen molar-refractivity contribution in [3.8, 4) is 0 Å². The van der Waals surface area contributed by atoms with Crippen molar-refractivity contribution in [3.63, 3.8) is 0 Å². The van der Waals surface area contributed by atoms with Crippen molar-refractivity contribution in [2.24, 2.45) is 5.92 Å². The Labute approximate surface area is 187 Å². The van der Waals surface area contributed by atoms with Crippen LogP contribution >= 0.6 is 0 Å². The van der Waals surface area contributed by atoms with Crippen molar-refractivity contribution in [2.45, 2.75) is 66.2 Å². The lowest BCUT2D eigenvalue weighted by atomic mass is 10.0. The molecule has 0 fully saturated rings. The van der Waals surface area contributed by atoms with Gasteiger partial charge in [-0.3, -0.25) is 23.9 Å². The van der Waals surface area contributed by atoms with Gasteiger partial charge in [0.2, 0.25) is 5.91 Å². The third kappa shape index (κ3) is 9.36. The Bertz CT molecular complexity index is 927. The minimum Gasteiger partial charge on any atom is -0.468 e. The van der Waals surface area contributed by atoms with Crippen LogP contribution < -0.4 is 16.6 Å². The Morgan fingerprint density at radius 2 is 1.84 bits per heavy atom. The van der Waals surface area contributed by atoms with Crippen molar-refractivity contribution in [3.05, 3.63) is 32.6 Å². The van der Waals surface area contributed by atoms with Gasteiger partial charge < -0.3 is 19.7 Å². The summed E-state index contributed by atoms with van der Waals surface area (Å²) in [6.07, 6.45) is 1.16. The topological polar surface area (TPSA) is 140 Å². The van der Waals surface area contributed by atoms with Crippen LogP contribution in [0.3, 0.4) is 0 Å². The van der Waals surface area contributed by atoms with Gasteiger partial charge in [0.05, 0.1) is 13.2 Å². The molecule has 1 aromatic rings. The highest BCUT2D eigenvalue weighted by atomic mass is 16.6. The molecule has 0 saturated carbocycles. The fourth-order valence-electron chi connectivity index (χ4n) is 2.95. The zero-order valence-electron chi connectivity index (χ0n) is 19.8. The number of amides is 2. The van der Waals surface area contributed by atoms with E-state index in [1.165, 1.54) is 25.1 Å². The number of ether oxygens (including phenoxy) is 2. The van der Waals surface area contributed by atoms with Crippen LogP contribution in [0.25, 0.3) is 0 Å². The number of rotatable bonds is 9. The number of esters is 1. The molecule has 1 atom stereocenters. The van der Waals surface area contributed by atoms with E-state index in [0.29, 0.717) is 6.42 Å². The smallest absolute Gasteiger partial charge is 0.407 e. The molecule has 1 aromatic heterocycles. The number of carbonyl (C=O) groups is 3. The molecule has 11 heteroatoms. The maximum atomic E-state index is 13.0. The van der Waals surface area contributed by atoms with E-state index in [4.69, 9.17) is 4.74 Å². The molecule has 2 N–H and O–H groups in total. The van der Waals surface area contributed by atoms with Crippen LogP contribution in [0.1, 0.15) is 46.6 Å². The fourth-order valence-corrected chi connectivity index (χ4v) is 2.95. The summed E-state index contributed by atoms with van der Waals surface area (Å²) < 4.78 is 11.1. The molecule has 1 rings (SSSR count). The number of aryl methyl sites for hydroxylation is 1. The molecule has 0 aliphatic carbocycles. The van der Waals surface area contributed by atoms with Gasteiger partial charge in [-0.1, -0.05) is 13.8 Å². The number of aromatic amines is 1. The van der Waals surface area contributed by atoms with Crippen molar-refractivity contribution in [1.29, 1.82) is 0 Å². The van der Waals surface area contributed by atoms with E-state index in [1.54, 1.807) is 20.8 Å². The van der Waals surface area contributed by atoms with Crippen LogP contribution in [-0.4, -0.2) is 64.3 Å². The Balaban J connectivity index is 3.10. The lowest BCUT2D eigenvalue weighted by Gasteiger charge is -2.29. The van der Waals surface area contributed by atoms with Crippen LogP contribution in [-0.2, 0) is 25.6 Å². The predicted octanol–water partition coefficient (Wildman–Crippen LogP) is 0.786. The maximum Gasteiger partial charge on any atom is 0.407 e. The van der Waals surface area contributed by atoms with Crippen LogP contribution in [0.15, 0.2) is 15.8 Å². The highest BCUT2D eigenvalue weighted by molar-refractivity contribution is 5.82. The molecule has 1 heterocycles. The second kappa shape index (κ2) is 11.5. The molecule has 0 aliphatic heterocycles. The quantitative estimate of drug-likeness (QED) is 0.526. The average molecular weight is 455 g/mol. The van der Waals surface area contributed by atoms with Crippen LogP contribution in [0.4, 0.5) is 4.79 Å². The van der Waals surface area contributed by atoms with Gasteiger partial charge in [-0.2, -0.15) is 0 Å². The van der Waals surface area contributed by atoms with Gasteiger partial charge >= 0.3 is 17.8 Å². The number of hydrogen-bond donors (Lipinski definition) is 2. The Morgan fingerprint density at radius 3 is 2.38 bits per heavy atom. The molecule has 0 radical (unpaired) electrons. The third-order valence-corrected chi connectivity index (χ3v) is 4.31. The highest BCUT2D eigenvalue weighted by Gasteiger charge is 2.26. The molecule has 0 bridgehead atoms. The second-order valence-electron chi connectivity index (χ2n) is 9.02. The van der Waals surface area contributed by atoms with Gasteiger partial charge in [-0.05, 0) is 40.0 Å². The summed E-state index contributed by atoms with van der Waals surface area (Å²) in [4.78, 5) is 64.1. The Hall–Kier alpha value is -3.11. The number of aromatic nitrogens is 2. The van der Waals surface area contributed by atoms with E-state index in [1.807, 2.05) is 13.8 Å². The molecule has 11 nitrogen and oxygen atoms in total. The number of alkyl carbamates (subject to hydrolysis) is 1. The second-order valence-corrected chi connectivity index (χ2v) is 9.02. The van der Waals surface area contributed by atoms with E-state index in [0.717, 1.165) is 4.57 Å². The van der Waals surface area contributed by atoms with E-state index >= 15 is 0 Å². The standard InChI is InChI=1S/C21H34N4O7/c1-13(2)8-15(22-20(30)32-21(4,5)6)10-24(12-17(27)31-7)16(26)11-25-9-14(3)18(28)23-19(25)29/h9,13,15H,8,10-12H2,1-7H3,(H,22,30)(H,23,28,29). The minimum atomic E-state index is -0.738. The van der Waals surface area contributed by atoms with Gasteiger partial charge in [-0.25, -0.2) is 9.59 Å². The number of nitrogens with zero attached hydrogens (tertiary/aromatic N) is 2. The minimum absolute atomic E-state index is 0.00242. The summed E-state index contributed by atoms with van der Waals surface area (Å²) in [5, 5.41) is 2.75. The Kier molecular flexibility index (Phi) is 9.67. The lowest BCUT2D eigenvalue weighted by molar-refractivity contribution is -0.147. The van der Waals surface area contributed by atoms with Crippen molar-refractivity contribution in [2.75, 3.05) is 20.2 Å². The number of nitrogens with one attached hydrogen (secondary N) is 2. The first-order valence-corrected chi connectivity index (χ1v) is 10.4. The largest absolute Gasteiger partial charge is 0.468 e. The van der Waals surface area contributed by atoms with Gasteiger partial charge in [-0.15, -0.1) is 0 Å². The summed E-state index contributed by atoms with van der Waals surface area (Å²) >= 11 is 0. The van der Waals surface area contributed by atoms with E-state index in [-0.39, 0.29) is 24.6 Å². The molecule has 0 spiro atoms. The van der Waals surface area contributed by atoms with Crippen LogP contribution in [0.5, 0.6) is 0 Å². The number of hydrogen-bond acceptors (Lipinski definition) is 7. The van der Waals surface area contributed by atoms with Crippen LogP contribution in [0, 0.1) is 12.8 Å². The van der Waals surface area contributed by atoms with Gasteiger partial charge in [0.15, 0.2) is 0 Å². The molecule has 32 heavy (non-hydrogen) atoms. The zero-order valence-corrected chi connectivity index (χ0v) is 19.8. The monoisotopic (exact) mass is 454 g/mol. The lowest BCUT2D eigenvalue weighted by Crippen LogP contribution is -2.50. The third-order valence-electron chi connectivity index (χ3n) is 4.31. The van der Waals surface area contributed by atoms with Gasteiger partial charge in [0.25, 0.3) is 5.56 Å². The average Bonchev–Trinajstić information content (AvgIpc) is 2.63. The number of carbonyl (C=O) groups excluding carboxylic acids is 3. The molecule has 0 aliphatic rings. The SMILES string of the molecule is COC(=O)CN(CC(CC(C)C)NC(=O)OC(C)(C)C)C(=O)Cn1cc(C)c(=O)[nH]c1=O. The van der Waals surface area contributed by atoms with E-state index in [2.05, 4.69) is 15.0 Å². The van der Waals surface area contributed by atoms with Crippen LogP contribution in [0.2, 0.25) is 0 Å². The molecule has 1 unspecified atom stereocenters. The fraction of sp³-hybridized carbons (Fsp3) is 0.667. The molecular formula is C21H34N4O7. The van der Waals surface area contributed by atoms with Crippen molar-refractivity contribution in [1.82, 2.24) is 19.8 Å². The molecule has 2 amide bonds. The molecule has 180 valence electrons. The summed E-state index contributed by atoms with van der Waals surface area (Å²) in [6.45, 7) is 9.88. The number of H-pyrrole nitrogens is 1. The van der Waals surface area contributed by atoms with E-state index in [9.17, 15) is 24.0 Å². The zero-order chi connectivity index (χ0) is 24.6. The summed E-state index contributed by atoms with van der Waals surface area (Å²) in [7, 11) is 1.20. The molecule has 0 aromatic carbocycles. The predicted molar refractivity (Wildman–Crippen MR) is 117 cm³/mol. The first kappa shape index (κ1) is 26.9. The summed E-state index contributed by atoms with van der Waals surface area (Å²) in [6, 6.07) is -0.507. The highest BCUT2D eigenvalue weighted by Crippen LogP contribution is 2.11. The molecule has 0 saturated heterocycles. The van der Waals surface area contributed by atoms with Crippen molar-refractivity contribution < 1.29 is 23.9 Å². The van der Waals surface area contributed by atoms with Crippen molar-refractivity contribution >= 4 is 18.0 Å². The van der Waals surface area contributed by atoms with E-state index < -0.39 is 47.4 Å². The van der Waals surface area contributed by atoms with Gasteiger partial charge in [0, 0.05) is 18.3 Å². The summed E-state index contributed by atoms with van der Waals surface area (Å²) in [5.41, 5.74) is -1.71.